The van der Waals surface area contributed by atoms with Crippen LogP contribution in [0.3, 0.4) is 0 Å². The van der Waals surface area contributed by atoms with E-state index in [9.17, 15) is 9.59 Å². The van der Waals surface area contributed by atoms with Gasteiger partial charge in [-0.05, 0) is 13.0 Å². The minimum atomic E-state index is -0.0895. The SMILES string of the molecule is CCN1C[C@H](NCC(=O)NCc2ccccc2OC)CC1=O. The van der Waals surface area contributed by atoms with Crippen molar-refractivity contribution in [3.8, 4) is 5.75 Å². The van der Waals surface area contributed by atoms with Crippen LogP contribution in [0.25, 0.3) is 0 Å². The third-order valence-corrected chi connectivity index (χ3v) is 3.82. The monoisotopic (exact) mass is 305 g/mol. The Morgan fingerprint density at radius 1 is 1.41 bits per heavy atom. The molecule has 1 aromatic carbocycles. The van der Waals surface area contributed by atoms with Crippen LogP contribution in [0, 0.1) is 0 Å². The molecule has 1 saturated heterocycles. The molecule has 1 aromatic rings. The summed E-state index contributed by atoms with van der Waals surface area (Å²) in [4.78, 5) is 25.3. The second kappa shape index (κ2) is 7.79. The number of hydrogen-bond acceptors (Lipinski definition) is 4. The largest absolute Gasteiger partial charge is 0.496 e. The van der Waals surface area contributed by atoms with Crippen LogP contribution < -0.4 is 15.4 Å². The van der Waals surface area contributed by atoms with Crippen molar-refractivity contribution in [1.82, 2.24) is 15.5 Å². The molecule has 2 N–H and O–H groups in total. The number of likely N-dealkylation sites (N-methyl/N-ethyl adjacent to an activating group) is 1. The van der Waals surface area contributed by atoms with E-state index < -0.39 is 0 Å². The number of nitrogens with one attached hydrogen (secondary N) is 2. The zero-order valence-corrected chi connectivity index (χ0v) is 13.1. The quantitative estimate of drug-likeness (QED) is 0.770. The number of rotatable bonds is 7. The molecule has 0 aromatic heterocycles. The summed E-state index contributed by atoms with van der Waals surface area (Å²) in [5.41, 5.74) is 0.937. The lowest BCUT2D eigenvalue weighted by Crippen LogP contribution is -2.40. The molecule has 2 rings (SSSR count). The fraction of sp³-hybridized carbons (Fsp3) is 0.500. The maximum Gasteiger partial charge on any atom is 0.234 e. The average molecular weight is 305 g/mol. The zero-order chi connectivity index (χ0) is 15.9. The third kappa shape index (κ3) is 4.21. The van der Waals surface area contributed by atoms with Crippen LogP contribution in [-0.4, -0.2) is 49.5 Å². The zero-order valence-electron chi connectivity index (χ0n) is 13.1. The van der Waals surface area contributed by atoms with E-state index in [-0.39, 0.29) is 24.4 Å². The van der Waals surface area contributed by atoms with Gasteiger partial charge < -0.3 is 20.3 Å². The van der Waals surface area contributed by atoms with Crippen LogP contribution in [0.1, 0.15) is 18.9 Å². The summed E-state index contributed by atoms with van der Waals surface area (Å²) >= 11 is 0. The highest BCUT2D eigenvalue weighted by atomic mass is 16.5. The van der Waals surface area contributed by atoms with Crippen LogP contribution in [0.2, 0.25) is 0 Å². The molecule has 0 unspecified atom stereocenters. The normalized spacial score (nSPS) is 17.6. The summed E-state index contributed by atoms with van der Waals surface area (Å²) in [7, 11) is 1.61. The van der Waals surface area contributed by atoms with E-state index in [1.807, 2.05) is 31.2 Å². The van der Waals surface area contributed by atoms with Gasteiger partial charge in [0.2, 0.25) is 11.8 Å². The van der Waals surface area contributed by atoms with E-state index in [1.54, 1.807) is 12.0 Å². The Hall–Kier alpha value is -2.08. The van der Waals surface area contributed by atoms with Gasteiger partial charge in [0, 0.05) is 37.7 Å². The first-order chi connectivity index (χ1) is 10.6. The van der Waals surface area contributed by atoms with Gasteiger partial charge in [-0.1, -0.05) is 18.2 Å². The molecule has 2 amide bonds. The number of carbonyl (C=O) groups excluding carboxylic acids is 2. The molecule has 120 valence electrons. The maximum atomic E-state index is 11.9. The smallest absolute Gasteiger partial charge is 0.234 e. The van der Waals surface area contributed by atoms with Gasteiger partial charge in [0.1, 0.15) is 5.75 Å². The Bertz CT molecular complexity index is 533. The molecule has 22 heavy (non-hydrogen) atoms. The number of hydrogen-bond donors (Lipinski definition) is 2. The number of methoxy groups -OCH3 is 1. The second-order valence-electron chi connectivity index (χ2n) is 5.30. The molecule has 0 spiro atoms. The topological polar surface area (TPSA) is 70.7 Å². The van der Waals surface area contributed by atoms with Gasteiger partial charge >= 0.3 is 0 Å². The number of ether oxygens (including phenoxy) is 1. The van der Waals surface area contributed by atoms with Crippen LogP contribution in [0.4, 0.5) is 0 Å². The van der Waals surface area contributed by atoms with Gasteiger partial charge in [0.05, 0.1) is 13.7 Å². The van der Waals surface area contributed by atoms with Crippen molar-refractivity contribution in [1.29, 1.82) is 0 Å². The van der Waals surface area contributed by atoms with Gasteiger partial charge in [-0.2, -0.15) is 0 Å². The van der Waals surface area contributed by atoms with Crippen LogP contribution in [0.5, 0.6) is 5.75 Å². The lowest BCUT2D eigenvalue weighted by molar-refractivity contribution is -0.127. The lowest BCUT2D eigenvalue weighted by Gasteiger charge is -2.15. The van der Waals surface area contributed by atoms with Gasteiger partial charge in [0.25, 0.3) is 0 Å². The Labute approximate surface area is 130 Å². The summed E-state index contributed by atoms with van der Waals surface area (Å²) in [6.45, 7) is 3.99. The highest BCUT2D eigenvalue weighted by molar-refractivity contribution is 5.80. The summed E-state index contributed by atoms with van der Waals surface area (Å²) in [5.74, 6) is 0.818. The molecule has 6 heteroatoms. The van der Waals surface area contributed by atoms with Gasteiger partial charge in [-0.15, -0.1) is 0 Å². The Morgan fingerprint density at radius 2 is 2.18 bits per heavy atom. The molecule has 1 aliphatic heterocycles. The number of para-hydroxylation sites is 1. The molecular formula is C16H23N3O3. The Kier molecular flexibility index (Phi) is 5.77. The van der Waals surface area contributed by atoms with E-state index in [2.05, 4.69) is 10.6 Å². The first-order valence-corrected chi connectivity index (χ1v) is 7.53. The Balaban J connectivity index is 1.74. The van der Waals surface area contributed by atoms with Crippen molar-refractivity contribution >= 4 is 11.8 Å². The van der Waals surface area contributed by atoms with Crippen molar-refractivity contribution in [2.45, 2.75) is 25.9 Å². The summed E-state index contributed by atoms with van der Waals surface area (Å²) in [6, 6.07) is 7.64. The molecule has 0 radical (unpaired) electrons. The first kappa shape index (κ1) is 16.3. The predicted molar refractivity (Wildman–Crippen MR) is 83.5 cm³/mol. The molecule has 0 saturated carbocycles. The van der Waals surface area contributed by atoms with E-state index in [1.165, 1.54) is 0 Å². The highest BCUT2D eigenvalue weighted by Gasteiger charge is 2.28. The molecule has 1 atom stereocenters. The van der Waals surface area contributed by atoms with Gasteiger partial charge in [-0.3, -0.25) is 9.59 Å². The third-order valence-electron chi connectivity index (χ3n) is 3.82. The molecule has 0 aliphatic carbocycles. The summed E-state index contributed by atoms with van der Waals surface area (Å²) in [6.07, 6.45) is 0.466. The summed E-state index contributed by atoms with van der Waals surface area (Å²) in [5, 5.41) is 5.99. The minimum absolute atomic E-state index is 0.0597. The number of benzene rings is 1. The van der Waals surface area contributed by atoms with Crippen molar-refractivity contribution in [2.24, 2.45) is 0 Å². The van der Waals surface area contributed by atoms with Crippen molar-refractivity contribution in [2.75, 3.05) is 26.7 Å². The average Bonchev–Trinajstić information content (AvgIpc) is 2.91. The first-order valence-electron chi connectivity index (χ1n) is 7.53. The lowest BCUT2D eigenvalue weighted by atomic mass is 10.2. The highest BCUT2D eigenvalue weighted by Crippen LogP contribution is 2.16. The minimum Gasteiger partial charge on any atom is -0.496 e. The maximum absolute atomic E-state index is 11.9. The number of likely N-dealkylation sites (tertiary alicyclic amines) is 1. The Morgan fingerprint density at radius 3 is 2.86 bits per heavy atom. The van der Waals surface area contributed by atoms with Crippen molar-refractivity contribution < 1.29 is 14.3 Å². The van der Waals surface area contributed by atoms with E-state index in [4.69, 9.17) is 4.74 Å². The fourth-order valence-electron chi connectivity index (χ4n) is 2.56. The summed E-state index contributed by atoms with van der Waals surface area (Å²) < 4.78 is 5.24. The van der Waals surface area contributed by atoms with Gasteiger partial charge in [0.15, 0.2) is 0 Å². The van der Waals surface area contributed by atoms with Crippen LogP contribution in [-0.2, 0) is 16.1 Å². The van der Waals surface area contributed by atoms with Crippen LogP contribution >= 0.6 is 0 Å². The van der Waals surface area contributed by atoms with Crippen LogP contribution in [0.15, 0.2) is 24.3 Å². The van der Waals surface area contributed by atoms with Crippen molar-refractivity contribution in [3.05, 3.63) is 29.8 Å². The molecular weight excluding hydrogens is 282 g/mol. The molecule has 1 heterocycles. The van der Waals surface area contributed by atoms with E-state index in [0.29, 0.717) is 19.5 Å². The predicted octanol–water partition coefficient (Wildman–Crippen LogP) is 0.522. The standard InChI is InChI=1S/C16H23N3O3/c1-3-19-11-13(8-16(19)21)17-10-15(20)18-9-12-6-4-5-7-14(12)22-2/h4-7,13,17H,3,8-11H2,1-2H3,(H,18,20)/t13-/m1/s1. The number of carbonyl (C=O) groups is 2. The van der Waals surface area contributed by atoms with Gasteiger partial charge in [-0.25, -0.2) is 0 Å². The van der Waals surface area contributed by atoms with Crippen molar-refractivity contribution in [3.63, 3.8) is 0 Å². The molecule has 0 bridgehead atoms. The second-order valence-corrected chi connectivity index (χ2v) is 5.30. The van der Waals surface area contributed by atoms with E-state index in [0.717, 1.165) is 17.9 Å². The fourth-order valence-corrected chi connectivity index (χ4v) is 2.56. The van der Waals surface area contributed by atoms with E-state index >= 15 is 0 Å². The molecule has 6 nitrogen and oxygen atoms in total. The molecule has 1 fully saturated rings. The molecule has 1 aliphatic rings. The number of nitrogens with zero attached hydrogens (tertiary/aromatic N) is 1. The number of amides is 2.